The first-order valence-electron chi connectivity index (χ1n) is 5.60. The predicted molar refractivity (Wildman–Crippen MR) is 64.4 cm³/mol. The zero-order valence-electron chi connectivity index (χ0n) is 10.5. The molecule has 1 unspecified atom stereocenters. The number of hydrogen-bond donors (Lipinski definition) is 1. The van der Waals surface area contributed by atoms with Crippen LogP contribution in [0.5, 0.6) is 5.75 Å². The van der Waals surface area contributed by atoms with Gasteiger partial charge in [0.1, 0.15) is 5.75 Å². The Morgan fingerprint density at radius 3 is 3.05 bits per heavy atom. The van der Waals surface area contributed by atoms with Crippen LogP contribution in [-0.4, -0.2) is 43.4 Å². The Bertz CT molecular complexity index is 583. The molecule has 2 heterocycles. The number of ether oxygens (including phenoxy) is 1. The molecule has 0 radical (unpaired) electrons. The molecule has 8 heteroatoms. The molecule has 19 heavy (non-hydrogen) atoms. The first kappa shape index (κ1) is 12.9. The van der Waals surface area contributed by atoms with E-state index in [9.17, 15) is 4.79 Å². The van der Waals surface area contributed by atoms with Crippen molar-refractivity contribution in [3.63, 3.8) is 0 Å². The van der Waals surface area contributed by atoms with Crippen LogP contribution in [0, 0.1) is 5.92 Å². The number of pyridine rings is 1. The summed E-state index contributed by atoms with van der Waals surface area (Å²) in [4.78, 5) is 14.8. The lowest BCUT2D eigenvalue weighted by Crippen LogP contribution is -2.18. The summed E-state index contributed by atoms with van der Waals surface area (Å²) in [6, 6.07) is 1.71. The molecule has 0 fully saturated rings. The van der Waals surface area contributed by atoms with Gasteiger partial charge >= 0.3 is 5.97 Å². The SMILES string of the molecule is COc1cnccc1-c1nnnn1CC(C)C(=O)O. The smallest absolute Gasteiger partial charge is 0.308 e. The van der Waals surface area contributed by atoms with Crippen molar-refractivity contribution in [2.45, 2.75) is 13.5 Å². The number of carboxylic acid groups (broad SMARTS) is 1. The summed E-state index contributed by atoms with van der Waals surface area (Å²) >= 11 is 0. The third-order valence-electron chi connectivity index (χ3n) is 2.65. The quantitative estimate of drug-likeness (QED) is 0.835. The van der Waals surface area contributed by atoms with Gasteiger partial charge in [-0.3, -0.25) is 9.78 Å². The van der Waals surface area contributed by atoms with E-state index >= 15 is 0 Å². The normalized spacial score (nSPS) is 12.1. The Morgan fingerprint density at radius 2 is 2.37 bits per heavy atom. The van der Waals surface area contributed by atoms with Gasteiger partial charge in [-0.25, -0.2) is 4.68 Å². The van der Waals surface area contributed by atoms with Crippen LogP contribution in [-0.2, 0) is 11.3 Å². The van der Waals surface area contributed by atoms with E-state index in [0.29, 0.717) is 17.1 Å². The Labute approximate surface area is 109 Å². The Balaban J connectivity index is 2.36. The Hall–Kier alpha value is -2.51. The van der Waals surface area contributed by atoms with Crippen LogP contribution in [0.2, 0.25) is 0 Å². The Kier molecular flexibility index (Phi) is 3.69. The lowest BCUT2D eigenvalue weighted by atomic mass is 10.2. The minimum Gasteiger partial charge on any atom is -0.494 e. The van der Waals surface area contributed by atoms with Gasteiger partial charge in [0, 0.05) is 6.20 Å². The molecule has 0 aromatic carbocycles. The maximum absolute atomic E-state index is 10.9. The molecule has 1 atom stereocenters. The van der Waals surface area contributed by atoms with Gasteiger partial charge in [0.25, 0.3) is 0 Å². The summed E-state index contributed by atoms with van der Waals surface area (Å²) in [7, 11) is 1.52. The van der Waals surface area contributed by atoms with Gasteiger partial charge in [-0.1, -0.05) is 6.92 Å². The van der Waals surface area contributed by atoms with E-state index in [0.717, 1.165) is 0 Å². The van der Waals surface area contributed by atoms with Gasteiger partial charge in [-0.2, -0.15) is 0 Å². The van der Waals surface area contributed by atoms with Gasteiger partial charge in [-0.05, 0) is 16.5 Å². The van der Waals surface area contributed by atoms with E-state index in [1.165, 1.54) is 11.8 Å². The van der Waals surface area contributed by atoms with Crippen LogP contribution < -0.4 is 4.74 Å². The fraction of sp³-hybridized carbons (Fsp3) is 0.364. The van der Waals surface area contributed by atoms with Crippen molar-refractivity contribution in [2.75, 3.05) is 7.11 Å². The van der Waals surface area contributed by atoms with Crippen molar-refractivity contribution in [1.29, 1.82) is 0 Å². The number of aliphatic carboxylic acids is 1. The minimum atomic E-state index is -0.900. The van der Waals surface area contributed by atoms with Crippen LogP contribution in [0.15, 0.2) is 18.5 Å². The fourth-order valence-corrected chi connectivity index (χ4v) is 1.59. The summed E-state index contributed by atoms with van der Waals surface area (Å²) in [6.45, 7) is 1.78. The maximum Gasteiger partial charge on any atom is 0.308 e. The minimum absolute atomic E-state index is 0.184. The topological polar surface area (TPSA) is 103 Å². The van der Waals surface area contributed by atoms with Crippen LogP contribution in [0.25, 0.3) is 11.4 Å². The first-order chi connectivity index (χ1) is 9.13. The molecule has 0 bridgehead atoms. The highest BCUT2D eigenvalue weighted by Gasteiger charge is 2.18. The van der Waals surface area contributed by atoms with Gasteiger partial charge < -0.3 is 9.84 Å². The largest absolute Gasteiger partial charge is 0.494 e. The van der Waals surface area contributed by atoms with Crippen molar-refractivity contribution in [3.8, 4) is 17.1 Å². The van der Waals surface area contributed by atoms with E-state index in [-0.39, 0.29) is 6.54 Å². The molecule has 8 nitrogen and oxygen atoms in total. The summed E-state index contributed by atoms with van der Waals surface area (Å²) in [5.41, 5.74) is 0.667. The lowest BCUT2D eigenvalue weighted by Gasteiger charge is -2.09. The molecule has 0 saturated carbocycles. The molecule has 2 rings (SSSR count). The van der Waals surface area contributed by atoms with Crippen LogP contribution in [0.1, 0.15) is 6.92 Å². The summed E-state index contributed by atoms with van der Waals surface area (Å²) in [5, 5.41) is 20.2. The molecule has 0 aliphatic heterocycles. The van der Waals surface area contributed by atoms with Gasteiger partial charge in [0.05, 0.1) is 31.3 Å². The molecule has 100 valence electrons. The second-order valence-corrected chi connectivity index (χ2v) is 4.00. The molecule has 0 spiro atoms. The molecule has 0 aliphatic carbocycles. The number of carbonyl (C=O) groups is 1. The number of rotatable bonds is 5. The average Bonchev–Trinajstić information content (AvgIpc) is 2.86. The number of carboxylic acids is 1. The standard InChI is InChI=1S/C11H13N5O3/c1-7(11(17)18)6-16-10(13-14-15-16)8-3-4-12-5-9(8)19-2/h3-5,7H,6H2,1-2H3,(H,17,18). The summed E-state index contributed by atoms with van der Waals surface area (Å²) in [6.07, 6.45) is 3.15. The van der Waals surface area contributed by atoms with Crippen LogP contribution in [0.3, 0.4) is 0 Å². The highest BCUT2D eigenvalue weighted by Crippen LogP contribution is 2.26. The first-order valence-corrected chi connectivity index (χ1v) is 5.60. The predicted octanol–water partition coefficient (Wildman–Crippen LogP) is 0.464. The van der Waals surface area contributed by atoms with Gasteiger partial charge in [0.15, 0.2) is 5.82 Å². The summed E-state index contributed by atoms with van der Waals surface area (Å²) < 4.78 is 6.63. The molecule has 0 saturated heterocycles. The highest BCUT2D eigenvalue weighted by atomic mass is 16.5. The van der Waals surface area contributed by atoms with E-state index in [2.05, 4.69) is 20.5 Å². The molecular weight excluding hydrogens is 250 g/mol. The highest BCUT2D eigenvalue weighted by molar-refractivity contribution is 5.69. The molecular formula is C11H13N5O3. The third kappa shape index (κ3) is 2.67. The molecule has 1 N–H and O–H groups in total. The average molecular weight is 263 g/mol. The van der Waals surface area contributed by atoms with Gasteiger partial charge in [0.2, 0.25) is 0 Å². The number of methoxy groups -OCH3 is 1. The molecule has 2 aromatic rings. The van der Waals surface area contributed by atoms with E-state index in [4.69, 9.17) is 9.84 Å². The second-order valence-electron chi connectivity index (χ2n) is 4.00. The zero-order chi connectivity index (χ0) is 13.8. The molecule has 0 aliphatic rings. The number of tetrazole rings is 1. The van der Waals surface area contributed by atoms with E-state index < -0.39 is 11.9 Å². The Morgan fingerprint density at radius 1 is 1.58 bits per heavy atom. The molecule has 0 amide bonds. The lowest BCUT2D eigenvalue weighted by molar-refractivity contribution is -0.141. The van der Waals surface area contributed by atoms with Crippen molar-refractivity contribution >= 4 is 5.97 Å². The second kappa shape index (κ2) is 5.42. The van der Waals surface area contributed by atoms with Crippen LogP contribution in [0.4, 0.5) is 0 Å². The molecule has 2 aromatic heterocycles. The van der Waals surface area contributed by atoms with E-state index in [1.54, 1.807) is 25.4 Å². The third-order valence-corrected chi connectivity index (χ3v) is 2.65. The van der Waals surface area contributed by atoms with Crippen molar-refractivity contribution in [1.82, 2.24) is 25.2 Å². The van der Waals surface area contributed by atoms with E-state index in [1.807, 2.05) is 0 Å². The monoisotopic (exact) mass is 263 g/mol. The van der Waals surface area contributed by atoms with Gasteiger partial charge in [-0.15, -0.1) is 5.10 Å². The summed E-state index contributed by atoms with van der Waals surface area (Å²) in [5.74, 6) is -0.507. The zero-order valence-corrected chi connectivity index (χ0v) is 10.5. The number of nitrogens with zero attached hydrogens (tertiary/aromatic N) is 5. The van der Waals surface area contributed by atoms with Crippen molar-refractivity contribution in [2.24, 2.45) is 5.92 Å². The maximum atomic E-state index is 10.9. The van der Waals surface area contributed by atoms with Crippen LogP contribution >= 0.6 is 0 Å². The van der Waals surface area contributed by atoms with Crippen molar-refractivity contribution in [3.05, 3.63) is 18.5 Å². The van der Waals surface area contributed by atoms with Crippen molar-refractivity contribution < 1.29 is 14.6 Å². The number of aromatic nitrogens is 5. The number of hydrogen-bond acceptors (Lipinski definition) is 6. The fourth-order valence-electron chi connectivity index (χ4n) is 1.59.